The molecule has 2 heterocycles. The lowest BCUT2D eigenvalue weighted by Crippen LogP contribution is -2.34. The molecule has 0 spiro atoms. The highest BCUT2D eigenvalue weighted by Gasteiger charge is 2.16. The molecule has 0 saturated carbocycles. The van der Waals surface area contributed by atoms with E-state index < -0.39 is 0 Å². The molecule has 0 aliphatic carbocycles. The zero-order valence-corrected chi connectivity index (χ0v) is 13.9. The Morgan fingerprint density at radius 3 is 2.90 bits per heavy atom. The fraction of sp³-hybridized carbons (Fsp3) is 0.750. The third-order valence-electron chi connectivity index (χ3n) is 3.50. The van der Waals surface area contributed by atoms with Crippen molar-refractivity contribution in [1.82, 2.24) is 5.32 Å². The molecule has 1 aromatic heterocycles. The van der Waals surface area contributed by atoms with Crippen molar-refractivity contribution in [2.75, 3.05) is 19.8 Å². The summed E-state index contributed by atoms with van der Waals surface area (Å²) in [6, 6.07) is 2.28. The lowest BCUT2D eigenvalue weighted by molar-refractivity contribution is 0.0790. The molecule has 0 radical (unpaired) electrons. The van der Waals surface area contributed by atoms with Crippen molar-refractivity contribution in [3.63, 3.8) is 0 Å². The molecular weight excluding hydrogens is 270 g/mol. The highest BCUT2D eigenvalue weighted by molar-refractivity contribution is 7.12. The average Bonchev–Trinajstić information content (AvgIpc) is 2.97. The molecule has 3 nitrogen and oxygen atoms in total. The third kappa shape index (κ3) is 5.17. The largest absolute Gasteiger partial charge is 0.381 e. The Morgan fingerprint density at radius 1 is 1.45 bits per heavy atom. The summed E-state index contributed by atoms with van der Waals surface area (Å²) in [5.74, 6) is 0.593. The number of thiophene rings is 1. The monoisotopic (exact) mass is 297 g/mol. The van der Waals surface area contributed by atoms with Gasteiger partial charge >= 0.3 is 0 Å². The number of hydrogen-bond donors (Lipinski definition) is 1. The number of aryl methyl sites for hydroxylation is 1. The van der Waals surface area contributed by atoms with Gasteiger partial charge in [-0.05, 0) is 45.7 Å². The molecule has 1 fully saturated rings. The van der Waals surface area contributed by atoms with Crippen LogP contribution in [0.15, 0.2) is 6.07 Å². The van der Waals surface area contributed by atoms with Crippen molar-refractivity contribution in [3.05, 3.63) is 21.4 Å². The Morgan fingerprint density at radius 2 is 2.25 bits per heavy atom. The van der Waals surface area contributed by atoms with Gasteiger partial charge in [-0.1, -0.05) is 0 Å². The van der Waals surface area contributed by atoms with Crippen LogP contribution in [0.4, 0.5) is 0 Å². The molecule has 0 bridgehead atoms. The minimum atomic E-state index is 0.164. The summed E-state index contributed by atoms with van der Waals surface area (Å²) in [4.78, 5) is 2.76. The van der Waals surface area contributed by atoms with Crippen molar-refractivity contribution >= 4 is 11.3 Å². The summed E-state index contributed by atoms with van der Waals surface area (Å²) in [5, 5.41) is 3.53. The first-order valence-electron chi connectivity index (χ1n) is 7.43. The molecule has 1 aliphatic rings. The van der Waals surface area contributed by atoms with Gasteiger partial charge in [0.25, 0.3) is 0 Å². The van der Waals surface area contributed by atoms with E-state index in [9.17, 15) is 0 Å². The average molecular weight is 297 g/mol. The third-order valence-corrected chi connectivity index (χ3v) is 4.59. The second-order valence-corrected chi connectivity index (χ2v) is 7.98. The van der Waals surface area contributed by atoms with Crippen LogP contribution in [0, 0.1) is 12.8 Å². The summed E-state index contributed by atoms with van der Waals surface area (Å²) in [7, 11) is 0. The van der Waals surface area contributed by atoms with Crippen LogP contribution in [-0.4, -0.2) is 25.4 Å². The topological polar surface area (TPSA) is 30.5 Å². The fourth-order valence-electron chi connectivity index (χ4n) is 2.22. The van der Waals surface area contributed by atoms with E-state index in [0.29, 0.717) is 5.92 Å². The van der Waals surface area contributed by atoms with Crippen LogP contribution in [0.1, 0.15) is 42.5 Å². The van der Waals surface area contributed by atoms with E-state index in [1.54, 1.807) is 0 Å². The second kappa shape index (κ2) is 7.03. The van der Waals surface area contributed by atoms with E-state index in [4.69, 9.17) is 9.47 Å². The number of nitrogens with one attached hydrogen (secondary N) is 1. The smallest absolute Gasteiger partial charge is 0.0727 e. The maximum absolute atomic E-state index is 5.85. The van der Waals surface area contributed by atoms with Gasteiger partial charge in [0.1, 0.15) is 0 Å². The van der Waals surface area contributed by atoms with Gasteiger partial charge in [-0.2, -0.15) is 0 Å². The Labute approximate surface area is 126 Å². The van der Waals surface area contributed by atoms with Crippen LogP contribution in [0.2, 0.25) is 0 Å². The quantitative estimate of drug-likeness (QED) is 0.872. The predicted octanol–water partition coefficient (Wildman–Crippen LogP) is 3.50. The maximum atomic E-state index is 5.85. The Balaban J connectivity index is 1.78. The molecule has 1 aromatic rings. The minimum absolute atomic E-state index is 0.164. The van der Waals surface area contributed by atoms with E-state index in [2.05, 4.69) is 39.1 Å². The zero-order valence-electron chi connectivity index (χ0n) is 13.1. The van der Waals surface area contributed by atoms with Gasteiger partial charge in [-0.3, -0.25) is 0 Å². The van der Waals surface area contributed by atoms with Crippen LogP contribution in [0.5, 0.6) is 0 Å². The lowest BCUT2D eigenvalue weighted by atomic mass is 10.1. The van der Waals surface area contributed by atoms with Crippen molar-refractivity contribution in [2.45, 2.75) is 52.8 Å². The summed E-state index contributed by atoms with van der Waals surface area (Å²) in [5.41, 5.74) is 1.50. The van der Waals surface area contributed by atoms with Gasteiger partial charge in [-0.25, -0.2) is 0 Å². The van der Waals surface area contributed by atoms with Crippen molar-refractivity contribution < 1.29 is 9.47 Å². The van der Waals surface area contributed by atoms with Crippen molar-refractivity contribution in [2.24, 2.45) is 5.92 Å². The molecule has 1 N–H and O–H groups in total. The van der Waals surface area contributed by atoms with E-state index in [1.807, 2.05) is 11.3 Å². The van der Waals surface area contributed by atoms with Crippen molar-refractivity contribution in [1.29, 1.82) is 0 Å². The first kappa shape index (κ1) is 16.0. The first-order valence-corrected chi connectivity index (χ1v) is 8.24. The summed E-state index contributed by atoms with van der Waals surface area (Å²) in [6.07, 6.45) is 1.14. The van der Waals surface area contributed by atoms with E-state index in [0.717, 1.165) is 39.4 Å². The van der Waals surface area contributed by atoms with Crippen LogP contribution in [0.3, 0.4) is 0 Å². The SMILES string of the molecule is Cc1sc(CNC(C)(C)C)cc1COCC1CCOC1. The molecule has 0 aromatic carbocycles. The molecule has 4 heteroatoms. The molecule has 2 rings (SSSR count). The maximum Gasteiger partial charge on any atom is 0.0727 e. The zero-order chi connectivity index (χ0) is 14.6. The molecule has 114 valence electrons. The number of ether oxygens (including phenoxy) is 2. The van der Waals surface area contributed by atoms with Gasteiger partial charge in [0.2, 0.25) is 0 Å². The van der Waals surface area contributed by atoms with Gasteiger partial charge in [-0.15, -0.1) is 11.3 Å². The standard InChI is InChI=1S/C16H27NO2S/c1-12-14(11-19-10-13-5-6-18-9-13)7-15(20-12)8-17-16(2,3)4/h7,13,17H,5-6,8-11H2,1-4H3. The molecule has 1 aliphatic heterocycles. The highest BCUT2D eigenvalue weighted by Crippen LogP contribution is 2.23. The normalized spacial score (nSPS) is 19.7. The van der Waals surface area contributed by atoms with E-state index in [-0.39, 0.29) is 5.54 Å². The first-order chi connectivity index (χ1) is 9.44. The fourth-order valence-corrected chi connectivity index (χ4v) is 3.21. The molecule has 1 atom stereocenters. The molecule has 1 saturated heterocycles. The van der Waals surface area contributed by atoms with Crippen LogP contribution >= 0.6 is 11.3 Å². The van der Waals surface area contributed by atoms with Gasteiger partial charge in [0.15, 0.2) is 0 Å². The predicted molar refractivity (Wildman–Crippen MR) is 84.2 cm³/mol. The van der Waals surface area contributed by atoms with Crippen LogP contribution in [-0.2, 0) is 22.6 Å². The summed E-state index contributed by atoms with van der Waals surface area (Å²) in [6.45, 7) is 13.0. The molecule has 1 unspecified atom stereocenters. The highest BCUT2D eigenvalue weighted by atomic mass is 32.1. The van der Waals surface area contributed by atoms with E-state index >= 15 is 0 Å². The molecule has 20 heavy (non-hydrogen) atoms. The van der Waals surface area contributed by atoms with Gasteiger partial charge in [0.05, 0.1) is 19.8 Å². The van der Waals surface area contributed by atoms with Crippen LogP contribution < -0.4 is 5.32 Å². The Hall–Kier alpha value is -0.420. The lowest BCUT2D eigenvalue weighted by Gasteiger charge is -2.19. The van der Waals surface area contributed by atoms with Gasteiger partial charge < -0.3 is 14.8 Å². The number of hydrogen-bond acceptors (Lipinski definition) is 4. The Bertz CT molecular complexity index is 417. The Kier molecular flexibility index (Phi) is 5.61. The van der Waals surface area contributed by atoms with Gasteiger partial charge in [0, 0.05) is 34.4 Å². The molecule has 0 amide bonds. The van der Waals surface area contributed by atoms with Crippen molar-refractivity contribution in [3.8, 4) is 0 Å². The summed E-state index contributed by atoms with van der Waals surface area (Å²) >= 11 is 1.87. The van der Waals surface area contributed by atoms with Crippen LogP contribution in [0.25, 0.3) is 0 Å². The molecular formula is C16H27NO2S. The second-order valence-electron chi connectivity index (χ2n) is 6.64. The number of rotatable bonds is 6. The van der Waals surface area contributed by atoms with E-state index in [1.165, 1.54) is 15.3 Å². The minimum Gasteiger partial charge on any atom is -0.381 e. The summed E-state index contributed by atoms with van der Waals surface area (Å²) < 4.78 is 11.2.